The lowest BCUT2D eigenvalue weighted by Crippen LogP contribution is -2.46. The third-order valence-corrected chi connectivity index (χ3v) is 3.87. The number of rotatable bonds is 4. The molecule has 0 radical (unpaired) electrons. The van der Waals surface area contributed by atoms with E-state index in [1.54, 1.807) is 0 Å². The summed E-state index contributed by atoms with van der Waals surface area (Å²) < 4.78 is 0. The second-order valence-corrected chi connectivity index (χ2v) is 5.69. The van der Waals surface area contributed by atoms with Gasteiger partial charge in [-0.15, -0.1) is 0 Å². The largest absolute Gasteiger partial charge is 0.329 e. The van der Waals surface area contributed by atoms with Gasteiger partial charge in [-0.2, -0.15) is 0 Å². The van der Waals surface area contributed by atoms with Crippen LogP contribution in [0.3, 0.4) is 0 Å². The van der Waals surface area contributed by atoms with E-state index < -0.39 is 0 Å². The van der Waals surface area contributed by atoms with Gasteiger partial charge >= 0.3 is 0 Å². The normalized spacial score (nSPS) is 29.6. The van der Waals surface area contributed by atoms with E-state index in [4.69, 9.17) is 5.73 Å². The standard InChI is InChI=1S/C13H29N3/c1-11(2)5-7-16-8-6-12(3)15(4)10-13(16)9-14/h11-13H,5-10,14H2,1-4H3. The van der Waals surface area contributed by atoms with E-state index in [1.165, 1.54) is 25.9 Å². The first-order chi connectivity index (χ1) is 7.54. The van der Waals surface area contributed by atoms with E-state index in [0.29, 0.717) is 12.1 Å². The lowest BCUT2D eigenvalue weighted by atomic mass is 10.1. The first-order valence-electron chi connectivity index (χ1n) is 6.69. The summed E-state index contributed by atoms with van der Waals surface area (Å²) in [6.45, 7) is 11.2. The second kappa shape index (κ2) is 6.58. The molecule has 0 spiro atoms. The van der Waals surface area contributed by atoms with Crippen molar-refractivity contribution in [1.29, 1.82) is 0 Å². The number of nitrogens with two attached hydrogens (primary N) is 1. The highest BCUT2D eigenvalue weighted by Gasteiger charge is 2.25. The van der Waals surface area contributed by atoms with Gasteiger partial charge in [0, 0.05) is 31.7 Å². The van der Waals surface area contributed by atoms with Crippen LogP contribution in [0.4, 0.5) is 0 Å². The van der Waals surface area contributed by atoms with Crippen molar-refractivity contribution < 1.29 is 0 Å². The Balaban J connectivity index is 2.52. The molecule has 3 nitrogen and oxygen atoms in total. The van der Waals surface area contributed by atoms with Gasteiger partial charge in [0.1, 0.15) is 0 Å². The predicted molar refractivity (Wildman–Crippen MR) is 70.6 cm³/mol. The maximum Gasteiger partial charge on any atom is 0.0345 e. The van der Waals surface area contributed by atoms with Gasteiger partial charge in [-0.1, -0.05) is 13.8 Å². The van der Waals surface area contributed by atoms with E-state index in [1.807, 2.05) is 0 Å². The summed E-state index contributed by atoms with van der Waals surface area (Å²) in [5, 5.41) is 0. The molecule has 96 valence electrons. The van der Waals surface area contributed by atoms with Crippen LogP contribution >= 0.6 is 0 Å². The molecule has 1 heterocycles. The molecule has 0 amide bonds. The molecule has 2 atom stereocenters. The molecule has 3 heteroatoms. The van der Waals surface area contributed by atoms with E-state index in [2.05, 4.69) is 37.6 Å². The second-order valence-electron chi connectivity index (χ2n) is 5.69. The quantitative estimate of drug-likeness (QED) is 0.788. The molecule has 0 bridgehead atoms. The molecule has 0 aromatic heterocycles. The van der Waals surface area contributed by atoms with Crippen LogP contribution in [-0.2, 0) is 0 Å². The van der Waals surface area contributed by atoms with Gasteiger partial charge in [0.15, 0.2) is 0 Å². The van der Waals surface area contributed by atoms with Gasteiger partial charge in [-0.05, 0) is 39.3 Å². The monoisotopic (exact) mass is 227 g/mol. The Kier molecular flexibility index (Phi) is 5.73. The zero-order chi connectivity index (χ0) is 12.1. The lowest BCUT2D eigenvalue weighted by molar-refractivity contribution is 0.179. The SMILES string of the molecule is CC(C)CCN1CCC(C)N(C)CC1CN. The molecule has 1 aliphatic heterocycles. The number of hydrogen-bond acceptors (Lipinski definition) is 3. The molecule has 1 rings (SSSR count). The fourth-order valence-corrected chi connectivity index (χ4v) is 2.33. The molecule has 1 aliphatic rings. The third kappa shape index (κ3) is 4.04. The van der Waals surface area contributed by atoms with Crippen molar-refractivity contribution in [3.8, 4) is 0 Å². The van der Waals surface area contributed by atoms with E-state index in [-0.39, 0.29) is 0 Å². The van der Waals surface area contributed by atoms with Crippen LogP contribution in [0.15, 0.2) is 0 Å². The van der Waals surface area contributed by atoms with Crippen LogP contribution in [-0.4, -0.2) is 55.1 Å². The van der Waals surface area contributed by atoms with Crippen molar-refractivity contribution in [3.05, 3.63) is 0 Å². The highest BCUT2D eigenvalue weighted by molar-refractivity contribution is 4.82. The summed E-state index contributed by atoms with van der Waals surface area (Å²) in [6, 6.07) is 1.24. The predicted octanol–water partition coefficient (Wildman–Crippen LogP) is 1.39. The number of likely N-dealkylation sites (N-methyl/N-ethyl adjacent to an activating group) is 1. The Morgan fingerprint density at radius 2 is 2.06 bits per heavy atom. The van der Waals surface area contributed by atoms with Gasteiger partial charge in [0.2, 0.25) is 0 Å². The molecule has 0 aliphatic carbocycles. The van der Waals surface area contributed by atoms with E-state index >= 15 is 0 Å². The van der Waals surface area contributed by atoms with Crippen LogP contribution in [0.25, 0.3) is 0 Å². The fourth-order valence-electron chi connectivity index (χ4n) is 2.33. The molecular formula is C13H29N3. The topological polar surface area (TPSA) is 32.5 Å². The third-order valence-electron chi connectivity index (χ3n) is 3.87. The van der Waals surface area contributed by atoms with Crippen molar-refractivity contribution in [1.82, 2.24) is 9.80 Å². The van der Waals surface area contributed by atoms with Gasteiger partial charge in [-0.25, -0.2) is 0 Å². The molecule has 0 saturated carbocycles. The van der Waals surface area contributed by atoms with Crippen molar-refractivity contribution in [2.75, 3.05) is 33.2 Å². The van der Waals surface area contributed by atoms with Gasteiger partial charge in [0.25, 0.3) is 0 Å². The first kappa shape index (κ1) is 13.9. The molecular weight excluding hydrogens is 198 g/mol. The Hall–Kier alpha value is -0.120. The van der Waals surface area contributed by atoms with Gasteiger partial charge < -0.3 is 10.6 Å². The van der Waals surface area contributed by atoms with Crippen LogP contribution in [0.5, 0.6) is 0 Å². The highest BCUT2D eigenvalue weighted by Crippen LogP contribution is 2.15. The Morgan fingerprint density at radius 1 is 1.38 bits per heavy atom. The van der Waals surface area contributed by atoms with Crippen LogP contribution in [0, 0.1) is 5.92 Å². The molecule has 0 aromatic rings. The van der Waals surface area contributed by atoms with Crippen LogP contribution in [0.2, 0.25) is 0 Å². The Morgan fingerprint density at radius 3 is 2.62 bits per heavy atom. The minimum atomic E-state index is 0.550. The number of nitrogens with zero attached hydrogens (tertiary/aromatic N) is 2. The minimum Gasteiger partial charge on any atom is -0.329 e. The van der Waals surface area contributed by atoms with Crippen LogP contribution in [0.1, 0.15) is 33.6 Å². The summed E-state index contributed by atoms with van der Waals surface area (Å²) in [5.41, 5.74) is 5.91. The van der Waals surface area contributed by atoms with Crippen molar-refractivity contribution in [2.24, 2.45) is 11.7 Å². The molecule has 1 fully saturated rings. The van der Waals surface area contributed by atoms with Gasteiger partial charge in [0.05, 0.1) is 0 Å². The molecule has 1 saturated heterocycles. The zero-order valence-corrected chi connectivity index (χ0v) is 11.4. The van der Waals surface area contributed by atoms with E-state index in [9.17, 15) is 0 Å². The summed E-state index contributed by atoms with van der Waals surface area (Å²) in [6.07, 6.45) is 2.56. The lowest BCUT2D eigenvalue weighted by Gasteiger charge is -2.30. The summed E-state index contributed by atoms with van der Waals surface area (Å²) >= 11 is 0. The molecule has 2 unspecified atom stereocenters. The average Bonchev–Trinajstić information content (AvgIpc) is 2.37. The molecule has 0 aromatic carbocycles. The molecule has 2 N–H and O–H groups in total. The summed E-state index contributed by atoms with van der Waals surface area (Å²) in [7, 11) is 2.22. The minimum absolute atomic E-state index is 0.550. The maximum absolute atomic E-state index is 5.91. The van der Waals surface area contributed by atoms with Crippen LogP contribution < -0.4 is 5.73 Å². The van der Waals surface area contributed by atoms with Crippen molar-refractivity contribution in [2.45, 2.75) is 45.7 Å². The van der Waals surface area contributed by atoms with Crippen molar-refractivity contribution >= 4 is 0 Å². The zero-order valence-electron chi connectivity index (χ0n) is 11.4. The smallest absolute Gasteiger partial charge is 0.0345 e. The van der Waals surface area contributed by atoms with Crippen molar-refractivity contribution in [3.63, 3.8) is 0 Å². The summed E-state index contributed by atoms with van der Waals surface area (Å²) in [4.78, 5) is 5.05. The highest BCUT2D eigenvalue weighted by atomic mass is 15.2. The fraction of sp³-hybridized carbons (Fsp3) is 1.00. The number of hydrogen-bond donors (Lipinski definition) is 1. The molecule has 16 heavy (non-hydrogen) atoms. The Bertz CT molecular complexity index is 192. The van der Waals surface area contributed by atoms with E-state index in [0.717, 1.165) is 19.0 Å². The van der Waals surface area contributed by atoms with Gasteiger partial charge in [-0.3, -0.25) is 4.90 Å². The maximum atomic E-state index is 5.91. The Labute approximate surface area is 101 Å². The first-order valence-corrected chi connectivity index (χ1v) is 6.69. The summed E-state index contributed by atoms with van der Waals surface area (Å²) in [5.74, 6) is 0.789. The average molecular weight is 227 g/mol.